The molecule has 1 aliphatic rings. The molecule has 2 N–H and O–H groups in total. The van der Waals surface area contributed by atoms with Crippen molar-refractivity contribution in [1.82, 2.24) is 10.2 Å². The molecule has 1 atom stereocenters. The summed E-state index contributed by atoms with van der Waals surface area (Å²) in [5.74, 6) is 1.15. The van der Waals surface area contributed by atoms with E-state index < -0.39 is 5.41 Å². The molecule has 0 saturated carbocycles. The first-order chi connectivity index (χ1) is 14.8. The zero-order valence-electron chi connectivity index (χ0n) is 18.7. The van der Waals surface area contributed by atoms with Crippen LogP contribution in [0.2, 0.25) is 0 Å². The molecular weight excluding hydrogens is 394 g/mol. The number of piperidine rings is 1. The molecule has 3 amide bonds. The van der Waals surface area contributed by atoms with E-state index in [9.17, 15) is 9.59 Å². The average Bonchev–Trinajstić information content (AvgIpc) is 2.78. The third-order valence-electron chi connectivity index (χ3n) is 5.71. The summed E-state index contributed by atoms with van der Waals surface area (Å²) in [4.78, 5) is 27.5. The van der Waals surface area contributed by atoms with Crippen LogP contribution in [0.25, 0.3) is 0 Å². The first-order valence-electron chi connectivity index (χ1n) is 10.5. The van der Waals surface area contributed by atoms with Gasteiger partial charge >= 0.3 is 6.03 Å². The summed E-state index contributed by atoms with van der Waals surface area (Å²) < 4.78 is 10.5. The first kappa shape index (κ1) is 22.5. The summed E-state index contributed by atoms with van der Waals surface area (Å²) >= 11 is 0. The Labute approximate surface area is 183 Å². The van der Waals surface area contributed by atoms with E-state index in [1.54, 1.807) is 37.3 Å². The summed E-state index contributed by atoms with van der Waals surface area (Å²) in [5, 5.41) is 5.93. The number of hydrogen-bond donors (Lipinski definition) is 2. The zero-order valence-corrected chi connectivity index (χ0v) is 18.7. The van der Waals surface area contributed by atoms with Crippen molar-refractivity contribution in [3.63, 3.8) is 0 Å². The maximum atomic E-state index is 13.0. The molecule has 1 heterocycles. The van der Waals surface area contributed by atoms with E-state index in [2.05, 4.69) is 10.6 Å². The Bertz CT molecular complexity index is 907. The molecule has 0 aliphatic carbocycles. The lowest BCUT2D eigenvalue weighted by atomic mass is 9.81. The number of likely N-dealkylation sites (tertiary alicyclic amines) is 1. The normalized spacial score (nSPS) is 18.3. The van der Waals surface area contributed by atoms with Crippen LogP contribution < -0.4 is 20.1 Å². The lowest BCUT2D eigenvalue weighted by Crippen LogP contribution is -2.52. The number of methoxy groups -OCH3 is 2. The lowest BCUT2D eigenvalue weighted by Gasteiger charge is -2.39. The second-order valence-electron chi connectivity index (χ2n) is 8.29. The third-order valence-corrected chi connectivity index (χ3v) is 5.71. The molecule has 2 aromatic carbocycles. The lowest BCUT2D eigenvalue weighted by molar-refractivity contribution is -0.132. The molecule has 0 aromatic heterocycles. The number of amides is 3. The first-order valence-corrected chi connectivity index (χ1v) is 10.5. The fourth-order valence-corrected chi connectivity index (χ4v) is 3.78. The van der Waals surface area contributed by atoms with Gasteiger partial charge in [-0.15, -0.1) is 0 Å². The van der Waals surface area contributed by atoms with Crippen molar-refractivity contribution < 1.29 is 19.1 Å². The third kappa shape index (κ3) is 5.69. The van der Waals surface area contributed by atoms with E-state index in [-0.39, 0.29) is 11.9 Å². The summed E-state index contributed by atoms with van der Waals surface area (Å²) in [5.41, 5.74) is 2.19. The Morgan fingerprint density at radius 3 is 2.32 bits per heavy atom. The molecule has 0 bridgehead atoms. The highest BCUT2D eigenvalue weighted by atomic mass is 16.5. The Kier molecular flexibility index (Phi) is 7.05. The second-order valence-corrected chi connectivity index (χ2v) is 8.29. The maximum Gasteiger partial charge on any atom is 0.321 e. The highest BCUT2D eigenvalue weighted by Gasteiger charge is 2.39. The van der Waals surface area contributed by atoms with Crippen LogP contribution >= 0.6 is 0 Å². The zero-order chi connectivity index (χ0) is 22.4. The number of rotatable bonds is 6. The molecule has 1 saturated heterocycles. The molecule has 3 rings (SSSR count). The molecule has 0 unspecified atom stereocenters. The van der Waals surface area contributed by atoms with E-state index in [4.69, 9.17) is 9.47 Å². The van der Waals surface area contributed by atoms with Gasteiger partial charge in [-0.1, -0.05) is 29.8 Å². The predicted molar refractivity (Wildman–Crippen MR) is 121 cm³/mol. The number of carbonyl (C=O) groups is 2. The van der Waals surface area contributed by atoms with Crippen LogP contribution in [0, 0.1) is 12.3 Å². The number of hydrogen-bond acceptors (Lipinski definition) is 4. The molecule has 7 nitrogen and oxygen atoms in total. The Morgan fingerprint density at radius 1 is 1.06 bits per heavy atom. The minimum atomic E-state index is -0.633. The van der Waals surface area contributed by atoms with Crippen molar-refractivity contribution in [2.24, 2.45) is 5.41 Å². The number of anilines is 1. The van der Waals surface area contributed by atoms with Crippen molar-refractivity contribution in [1.29, 1.82) is 0 Å². The average molecular weight is 426 g/mol. The smallest absolute Gasteiger partial charge is 0.321 e. The fraction of sp³-hybridized carbons (Fsp3) is 0.417. The van der Waals surface area contributed by atoms with Gasteiger partial charge in [0.15, 0.2) is 0 Å². The van der Waals surface area contributed by atoms with Gasteiger partial charge in [0.2, 0.25) is 5.91 Å². The van der Waals surface area contributed by atoms with E-state index >= 15 is 0 Å². The van der Waals surface area contributed by atoms with E-state index in [1.165, 1.54) is 5.56 Å². The quantitative estimate of drug-likeness (QED) is 0.734. The summed E-state index contributed by atoms with van der Waals surface area (Å²) in [6, 6.07) is 13.1. The van der Waals surface area contributed by atoms with E-state index in [0.29, 0.717) is 36.8 Å². The second kappa shape index (κ2) is 9.73. The van der Waals surface area contributed by atoms with Gasteiger partial charge in [0, 0.05) is 43.5 Å². The molecule has 1 fully saturated rings. The largest absolute Gasteiger partial charge is 0.497 e. The minimum absolute atomic E-state index is 0.0337. The van der Waals surface area contributed by atoms with Crippen molar-refractivity contribution in [2.45, 2.75) is 33.2 Å². The number of nitrogens with one attached hydrogen (secondary N) is 2. The van der Waals surface area contributed by atoms with Gasteiger partial charge in [-0.25, -0.2) is 4.79 Å². The van der Waals surface area contributed by atoms with Crippen molar-refractivity contribution in [3.05, 3.63) is 53.6 Å². The Balaban J connectivity index is 1.62. The van der Waals surface area contributed by atoms with Crippen LogP contribution in [0.1, 0.15) is 30.9 Å². The molecule has 31 heavy (non-hydrogen) atoms. The number of urea groups is 1. The van der Waals surface area contributed by atoms with Gasteiger partial charge in [0.1, 0.15) is 11.5 Å². The number of carbonyl (C=O) groups excluding carboxylic acids is 2. The van der Waals surface area contributed by atoms with Crippen molar-refractivity contribution >= 4 is 17.6 Å². The van der Waals surface area contributed by atoms with Crippen molar-refractivity contribution in [3.8, 4) is 11.5 Å². The highest BCUT2D eigenvalue weighted by Crippen LogP contribution is 2.31. The highest BCUT2D eigenvalue weighted by molar-refractivity contribution is 5.91. The van der Waals surface area contributed by atoms with Gasteiger partial charge in [-0.05, 0) is 32.3 Å². The standard InChI is InChI=1S/C24H31N3O4/c1-17-6-8-18(9-7-17)15-25-22(28)24(2)10-5-11-27(16-24)23(29)26-19-12-20(30-3)14-21(13-19)31-4/h6-9,12-14H,5,10-11,15-16H2,1-4H3,(H,25,28)(H,26,29)/t24-/m0/s1. The molecule has 0 radical (unpaired) electrons. The van der Waals surface area contributed by atoms with Crippen LogP contribution in [0.4, 0.5) is 10.5 Å². The van der Waals surface area contributed by atoms with Gasteiger partial charge in [0.25, 0.3) is 0 Å². The molecule has 166 valence electrons. The maximum absolute atomic E-state index is 13.0. The van der Waals surface area contributed by atoms with Gasteiger partial charge in [-0.3, -0.25) is 4.79 Å². The monoisotopic (exact) mass is 425 g/mol. The Hall–Kier alpha value is -3.22. The van der Waals surface area contributed by atoms with Crippen LogP contribution in [-0.4, -0.2) is 44.1 Å². The molecule has 0 spiro atoms. The van der Waals surface area contributed by atoms with Crippen LogP contribution in [0.3, 0.4) is 0 Å². The number of ether oxygens (including phenoxy) is 2. The fourth-order valence-electron chi connectivity index (χ4n) is 3.78. The van der Waals surface area contributed by atoms with Crippen LogP contribution in [0.15, 0.2) is 42.5 Å². The van der Waals surface area contributed by atoms with Crippen LogP contribution in [0.5, 0.6) is 11.5 Å². The van der Waals surface area contributed by atoms with Crippen LogP contribution in [-0.2, 0) is 11.3 Å². The summed E-state index contributed by atoms with van der Waals surface area (Å²) in [6.45, 7) is 5.40. The predicted octanol–water partition coefficient (Wildman–Crippen LogP) is 3.96. The number of benzene rings is 2. The number of nitrogens with zero attached hydrogens (tertiary/aromatic N) is 1. The molecule has 7 heteroatoms. The van der Waals surface area contributed by atoms with Gasteiger partial charge < -0.3 is 25.0 Å². The molecule has 1 aliphatic heterocycles. The Morgan fingerprint density at radius 2 is 1.71 bits per heavy atom. The molecule has 2 aromatic rings. The number of aryl methyl sites for hydroxylation is 1. The summed E-state index contributed by atoms with van der Waals surface area (Å²) in [7, 11) is 3.12. The van der Waals surface area contributed by atoms with Gasteiger partial charge in [-0.2, -0.15) is 0 Å². The molecular formula is C24H31N3O4. The van der Waals surface area contributed by atoms with E-state index in [1.807, 2.05) is 38.1 Å². The SMILES string of the molecule is COc1cc(NC(=O)N2CCC[C@](C)(C(=O)NCc3ccc(C)cc3)C2)cc(OC)c1. The van der Waals surface area contributed by atoms with Crippen molar-refractivity contribution in [2.75, 3.05) is 32.6 Å². The topological polar surface area (TPSA) is 79.9 Å². The van der Waals surface area contributed by atoms with E-state index in [0.717, 1.165) is 18.4 Å². The minimum Gasteiger partial charge on any atom is -0.497 e. The van der Waals surface area contributed by atoms with Gasteiger partial charge in [0.05, 0.1) is 19.6 Å². The summed E-state index contributed by atoms with van der Waals surface area (Å²) in [6.07, 6.45) is 1.51.